The first-order valence-electron chi connectivity index (χ1n) is 1.98. The van der Waals surface area contributed by atoms with E-state index in [0.29, 0.717) is 0 Å². The number of carboxylic acid groups (broad SMARTS) is 1. The molecule has 0 saturated carbocycles. The molecule has 0 aliphatic rings. The van der Waals surface area contributed by atoms with E-state index in [9.17, 15) is 27.1 Å². The number of sulfone groups is 1. The Balaban J connectivity index is 0. The van der Waals surface area contributed by atoms with Gasteiger partial charge in [-0.05, 0) is 0 Å². The minimum atomic E-state index is -4.90. The minimum absolute atomic E-state index is 0. The van der Waals surface area contributed by atoms with Gasteiger partial charge in [0.2, 0.25) is 9.84 Å². The van der Waals surface area contributed by atoms with Gasteiger partial charge in [0, 0.05) is 6.26 Å². The summed E-state index contributed by atoms with van der Waals surface area (Å²) in [6, 6.07) is 0. The Morgan fingerprint density at radius 1 is 1.45 bits per heavy atom. The van der Waals surface area contributed by atoms with Gasteiger partial charge in [-0.25, -0.2) is 8.42 Å². The van der Waals surface area contributed by atoms with Crippen LogP contribution in [0.4, 0.5) is 8.78 Å². The van der Waals surface area contributed by atoms with Gasteiger partial charge in [0.25, 0.3) is 0 Å². The van der Waals surface area contributed by atoms with E-state index in [2.05, 4.69) is 0 Å². The van der Waals surface area contributed by atoms with E-state index in [4.69, 9.17) is 0 Å². The second-order valence-corrected chi connectivity index (χ2v) is 3.63. The first-order valence-corrected chi connectivity index (χ1v) is 3.87. The van der Waals surface area contributed by atoms with Crippen molar-refractivity contribution in [3.05, 3.63) is 0 Å². The molecule has 0 aromatic carbocycles. The molecular formula is C3H3F2LiO4S. The van der Waals surface area contributed by atoms with Gasteiger partial charge in [-0.15, -0.1) is 0 Å². The maximum Gasteiger partial charge on any atom is 1.00 e. The molecule has 0 fully saturated rings. The summed E-state index contributed by atoms with van der Waals surface area (Å²) in [4.78, 5) is 9.43. The van der Waals surface area contributed by atoms with Crippen LogP contribution in [-0.2, 0) is 14.6 Å². The van der Waals surface area contributed by atoms with E-state index >= 15 is 0 Å². The summed E-state index contributed by atoms with van der Waals surface area (Å²) in [6.07, 6.45) is 0.114. The van der Waals surface area contributed by atoms with Crippen molar-refractivity contribution in [2.24, 2.45) is 0 Å². The van der Waals surface area contributed by atoms with Crippen LogP contribution < -0.4 is 24.0 Å². The number of hydrogen-bond donors (Lipinski definition) is 0. The monoisotopic (exact) mass is 180 g/mol. The molecular weight excluding hydrogens is 177 g/mol. The number of rotatable bonds is 2. The maximum absolute atomic E-state index is 11.8. The molecule has 0 unspecified atom stereocenters. The molecule has 0 aliphatic heterocycles. The summed E-state index contributed by atoms with van der Waals surface area (Å²) in [6.45, 7) is 0. The average Bonchev–Trinajstić information content (AvgIpc) is 1.62. The molecule has 0 saturated heterocycles. The molecule has 0 atom stereocenters. The fraction of sp³-hybridized carbons (Fsp3) is 0.667. The Kier molecular flexibility index (Phi) is 4.31. The Hall–Kier alpha value is -0.123. The standard InChI is InChI=1S/C3H4F2O4S.Li/c1-10(8,9)3(4,5)2(6)7;/h1H3,(H,6,7);/q;+1/p-1. The summed E-state index contributed by atoms with van der Waals surface area (Å²) in [7, 11) is -4.90. The van der Waals surface area contributed by atoms with Gasteiger partial charge >= 0.3 is 24.1 Å². The molecule has 0 bridgehead atoms. The third-order valence-corrected chi connectivity index (χ3v) is 1.80. The van der Waals surface area contributed by atoms with Crippen molar-refractivity contribution in [2.45, 2.75) is 5.25 Å². The molecule has 0 spiro atoms. The van der Waals surface area contributed by atoms with Gasteiger partial charge in [0.15, 0.2) is 0 Å². The number of alkyl halides is 2. The number of aliphatic carboxylic acids is 1. The Bertz CT molecular complexity index is 246. The molecule has 0 aromatic rings. The molecule has 0 heterocycles. The van der Waals surface area contributed by atoms with Crippen molar-refractivity contribution < 1.29 is 46.0 Å². The van der Waals surface area contributed by atoms with Crippen molar-refractivity contribution in [1.82, 2.24) is 0 Å². The first kappa shape index (κ1) is 13.5. The van der Waals surface area contributed by atoms with Crippen LogP contribution in [0.2, 0.25) is 0 Å². The largest absolute Gasteiger partial charge is 1.00 e. The van der Waals surface area contributed by atoms with Gasteiger partial charge in [-0.1, -0.05) is 0 Å². The third-order valence-electron chi connectivity index (χ3n) is 0.703. The Morgan fingerprint density at radius 3 is 1.73 bits per heavy atom. The van der Waals surface area contributed by atoms with Crippen LogP contribution in [0.5, 0.6) is 0 Å². The summed E-state index contributed by atoms with van der Waals surface area (Å²) >= 11 is 0. The van der Waals surface area contributed by atoms with Crippen LogP contribution in [0, 0.1) is 0 Å². The molecule has 0 aliphatic carbocycles. The van der Waals surface area contributed by atoms with E-state index in [1.54, 1.807) is 0 Å². The molecule has 0 N–H and O–H groups in total. The van der Waals surface area contributed by atoms with Gasteiger partial charge < -0.3 is 9.90 Å². The Morgan fingerprint density at radius 2 is 1.73 bits per heavy atom. The predicted molar refractivity (Wildman–Crippen MR) is 24.8 cm³/mol. The fourth-order valence-electron chi connectivity index (χ4n) is 0.151. The normalized spacial score (nSPS) is 11.9. The van der Waals surface area contributed by atoms with Gasteiger partial charge in [-0.3, -0.25) is 0 Å². The number of carbonyl (C=O) groups excluding carboxylic acids is 1. The van der Waals surface area contributed by atoms with Crippen molar-refractivity contribution in [3.63, 3.8) is 0 Å². The summed E-state index contributed by atoms with van der Waals surface area (Å²) in [5.41, 5.74) is 0. The molecule has 60 valence electrons. The van der Waals surface area contributed by atoms with Crippen LogP contribution in [-0.4, -0.2) is 25.9 Å². The average molecular weight is 180 g/mol. The summed E-state index contributed by atoms with van der Waals surface area (Å²) < 4.78 is 43.5. The van der Waals surface area contributed by atoms with Crippen molar-refractivity contribution in [1.29, 1.82) is 0 Å². The fourth-order valence-corrected chi connectivity index (χ4v) is 0.454. The van der Waals surface area contributed by atoms with Crippen LogP contribution in [0.1, 0.15) is 0 Å². The number of halogens is 2. The van der Waals surface area contributed by atoms with Crippen LogP contribution in [0.3, 0.4) is 0 Å². The zero-order chi connectivity index (χ0) is 8.58. The van der Waals surface area contributed by atoms with Crippen molar-refractivity contribution in [2.75, 3.05) is 6.26 Å². The molecule has 0 radical (unpaired) electrons. The number of carboxylic acids is 1. The first-order chi connectivity index (χ1) is 4.19. The number of carbonyl (C=O) groups is 1. The maximum atomic E-state index is 11.8. The van der Waals surface area contributed by atoms with E-state index in [1.165, 1.54) is 0 Å². The molecule has 0 rings (SSSR count). The molecule has 0 amide bonds. The summed E-state index contributed by atoms with van der Waals surface area (Å²) in [5, 5.41) is 4.64. The van der Waals surface area contributed by atoms with E-state index in [-0.39, 0.29) is 25.1 Å². The topological polar surface area (TPSA) is 74.3 Å². The molecule has 0 aromatic heterocycles. The number of hydrogen-bond acceptors (Lipinski definition) is 4. The van der Waals surface area contributed by atoms with Crippen molar-refractivity contribution >= 4 is 15.8 Å². The molecule has 4 nitrogen and oxygen atoms in total. The second kappa shape index (κ2) is 3.52. The van der Waals surface area contributed by atoms with Gasteiger partial charge in [0.05, 0.1) is 0 Å². The van der Waals surface area contributed by atoms with Crippen LogP contribution in [0.25, 0.3) is 0 Å². The van der Waals surface area contributed by atoms with Crippen molar-refractivity contribution in [3.8, 4) is 0 Å². The second-order valence-electron chi connectivity index (χ2n) is 1.58. The molecule has 11 heavy (non-hydrogen) atoms. The third kappa shape index (κ3) is 2.77. The summed E-state index contributed by atoms with van der Waals surface area (Å²) in [5.74, 6) is -2.91. The van der Waals surface area contributed by atoms with Crippen LogP contribution >= 0.6 is 0 Å². The SMILES string of the molecule is CS(=O)(=O)C(F)(F)C(=O)[O-].[Li+]. The molecule has 8 heteroatoms. The van der Waals surface area contributed by atoms with Crippen LogP contribution in [0.15, 0.2) is 0 Å². The van der Waals surface area contributed by atoms with Gasteiger partial charge in [0.1, 0.15) is 5.97 Å². The Labute approximate surface area is 73.7 Å². The quantitative estimate of drug-likeness (QED) is 0.400. The smallest absolute Gasteiger partial charge is 0.543 e. The zero-order valence-corrected chi connectivity index (χ0v) is 6.61. The minimum Gasteiger partial charge on any atom is -0.543 e. The van der Waals surface area contributed by atoms with E-state index < -0.39 is 21.1 Å². The van der Waals surface area contributed by atoms with E-state index in [0.717, 1.165) is 0 Å². The van der Waals surface area contributed by atoms with Gasteiger partial charge in [-0.2, -0.15) is 8.78 Å². The van der Waals surface area contributed by atoms with E-state index in [1.807, 2.05) is 0 Å². The zero-order valence-electron chi connectivity index (χ0n) is 5.80. The predicted octanol–water partition coefficient (Wildman–Crippen LogP) is -4.62.